The lowest BCUT2D eigenvalue weighted by Crippen LogP contribution is -2.34. The van der Waals surface area contributed by atoms with Crippen LogP contribution in [0.25, 0.3) is 0 Å². The SMILES string of the molecule is CC(C)COCCCNC1CCSC1C. The molecule has 0 radical (unpaired) electrons. The predicted molar refractivity (Wildman–Crippen MR) is 68.6 cm³/mol. The smallest absolute Gasteiger partial charge is 0.0489 e. The third-order valence-electron chi connectivity index (χ3n) is 2.70. The first-order valence-corrected chi connectivity index (χ1v) is 7.17. The molecule has 0 aromatic rings. The van der Waals surface area contributed by atoms with Crippen LogP contribution in [0.1, 0.15) is 33.6 Å². The Labute approximate surface area is 98.5 Å². The molecule has 1 saturated heterocycles. The second-order valence-electron chi connectivity index (χ2n) is 4.75. The van der Waals surface area contributed by atoms with E-state index in [0.717, 1.165) is 37.5 Å². The molecule has 0 bridgehead atoms. The molecule has 0 aromatic carbocycles. The van der Waals surface area contributed by atoms with Crippen molar-refractivity contribution >= 4 is 11.8 Å². The van der Waals surface area contributed by atoms with Gasteiger partial charge in [-0.15, -0.1) is 0 Å². The van der Waals surface area contributed by atoms with Crippen LogP contribution < -0.4 is 5.32 Å². The van der Waals surface area contributed by atoms with Gasteiger partial charge in [-0.3, -0.25) is 0 Å². The third-order valence-corrected chi connectivity index (χ3v) is 4.03. The third kappa shape index (κ3) is 5.79. The summed E-state index contributed by atoms with van der Waals surface area (Å²) in [5.74, 6) is 1.98. The molecular formula is C12H25NOS. The Bertz CT molecular complexity index is 164. The first-order chi connectivity index (χ1) is 7.20. The predicted octanol–water partition coefficient (Wildman–Crippen LogP) is 2.53. The normalized spacial score (nSPS) is 26.4. The average Bonchev–Trinajstić information content (AvgIpc) is 2.57. The molecule has 1 N–H and O–H groups in total. The van der Waals surface area contributed by atoms with Crippen LogP contribution in [0, 0.1) is 5.92 Å². The Morgan fingerprint density at radius 1 is 1.47 bits per heavy atom. The minimum atomic E-state index is 0.657. The molecule has 1 aliphatic heterocycles. The van der Waals surface area contributed by atoms with E-state index in [1.807, 2.05) is 0 Å². The number of nitrogens with one attached hydrogen (secondary N) is 1. The molecule has 1 rings (SSSR count). The summed E-state index contributed by atoms with van der Waals surface area (Å²) >= 11 is 2.08. The number of rotatable bonds is 7. The molecule has 2 atom stereocenters. The van der Waals surface area contributed by atoms with Gasteiger partial charge in [0.15, 0.2) is 0 Å². The van der Waals surface area contributed by atoms with Crippen molar-refractivity contribution in [1.82, 2.24) is 5.32 Å². The van der Waals surface area contributed by atoms with E-state index in [-0.39, 0.29) is 0 Å². The van der Waals surface area contributed by atoms with Crippen molar-refractivity contribution in [1.29, 1.82) is 0 Å². The molecular weight excluding hydrogens is 206 g/mol. The van der Waals surface area contributed by atoms with Crippen molar-refractivity contribution in [2.45, 2.75) is 44.9 Å². The number of hydrogen-bond donors (Lipinski definition) is 1. The molecule has 15 heavy (non-hydrogen) atoms. The summed E-state index contributed by atoms with van der Waals surface area (Å²) in [7, 11) is 0. The van der Waals surface area contributed by atoms with Crippen molar-refractivity contribution in [2.24, 2.45) is 5.92 Å². The molecule has 0 spiro atoms. The highest BCUT2D eigenvalue weighted by molar-refractivity contribution is 8.00. The standard InChI is InChI=1S/C12H25NOS/c1-10(2)9-14-7-4-6-13-12-5-8-15-11(12)3/h10-13H,4-9H2,1-3H3. The molecule has 2 unspecified atom stereocenters. The van der Waals surface area contributed by atoms with Crippen molar-refractivity contribution in [3.05, 3.63) is 0 Å². The van der Waals surface area contributed by atoms with Crippen LogP contribution in [0.15, 0.2) is 0 Å². The monoisotopic (exact) mass is 231 g/mol. The van der Waals surface area contributed by atoms with E-state index in [9.17, 15) is 0 Å². The van der Waals surface area contributed by atoms with Crippen LogP contribution in [0.5, 0.6) is 0 Å². The fraction of sp³-hybridized carbons (Fsp3) is 1.00. The van der Waals surface area contributed by atoms with Gasteiger partial charge in [-0.1, -0.05) is 20.8 Å². The van der Waals surface area contributed by atoms with Crippen LogP contribution in [-0.2, 0) is 4.74 Å². The number of ether oxygens (including phenoxy) is 1. The summed E-state index contributed by atoms with van der Waals surface area (Å²) in [6.45, 7) is 9.61. The second-order valence-corrected chi connectivity index (χ2v) is 6.23. The molecule has 1 aliphatic rings. The Kier molecular flexibility index (Phi) is 6.69. The van der Waals surface area contributed by atoms with Gasteiger partial charge in [-0.25, -0.2) is 0 Å². The molecule has 90 valence electrons. The lowest BCUT2D eigenvalue weighted by atomic mass is 10.2. The van der Waals surface area contributed by atoms with Gasteiger partial charge < -0.3 is 10.1 Å². The van der Waals surface area contributed by atoms with Crippen LogP contribution in [0.3, 0.4) is 0 Å². The highest BCUT2D eigenvalue weighted by Gasteiger charge is 2.22. The van der Waals surface area contributed by atoms with Crippen molar-refractivity contribution in [3.63, 3.8) is 0 Å². The van der Waals surface area contributed by atoms with E-state index in [2.05, 4.69) is 37.8 Å². The Morgan fingerprint density at radius 3 is 2.87 bits per heavy atom. The average molecular weight is 231 g/mol. The van der Waals surface area contributed by atoms with E-state index in [1.54, 1.807) is 0 Å². The highest BCUT2D eigenvalue weighted by Crippen LogP contribution is 2.25. The summed E-state index contributed by atoms with van der Waals surface area (Å²) in [4.78, 5) is 0. The van der Waals surface area contributed by atoms with Gasteiger partial charge in [0, 0.05) is 24.5 Å². The zero-order valence-corrected chi connectivity index (χ0v) is 11.1. The fourth-order valence-electron chi connectivity index (χ4n) is 1.78. The topological polar surface area (TPSA) is 21.3 Å². The van der Waals surface area contributed by atoms with Gasteiger partial charge in [0.1, 0.15) is 0 Å². The van der Waals surface area contributed by atoms with Crippen molar-refractivity contribution < 1.29 is 4.74 Å². The first-order valence-electron chi connectivity index (χ1n) is 6.13. The summed E-state index contributed by atoms with van der Waals surface area (Å²) in [5, 5.41) is 4.41. The molecule has 0 amide bonds. The zero-order valence-electron chi connectivity index (χ0n) is 10.3. The zero-order chi connectivity index (χ0) is 11.1. The fourth-order valence-corrected chi connectivity index (χ4v) is 3.01. The van der Waals surface area contributed by atoms with E-state index in [4.69, 9.17) is 4.74 Å². The lowest BCUT2D eigenvalue weighted by molar-refractivity contribution is 0.107. The maximum Gasteiger partial charge on any atom is 0.0489 e. The van der Waals surface area contributed by atoms with Gasteiger partial charge in [0.25, 0.3) is 0 Å². The van der Waals surface area contributed by atoms with Gasteiger partial charge in [0.05, 0.1) is 0 Å². The van der Waals surface area contributed by atoms with Crippen molar-refractivity contribution in [2.75, 3.05) is 25.5 Å². The van der Waals surface area contributed by atoms with E-state index < -0.39 is 0 Å². The number of thioether (sulfide) groups is 1. The van der Waals surface area contributed by atoms with Gasteiger partial charge in [-0.05, 0) is 31.1 Å². The van der Waals surface area contributed by atoms with E-state index in [0.29, 0.717) is 5.92 Å². The maximum absolute atomic E-state index is 5.54. The minimum Gasteiger partial charge on any atom is -0.381 e. The number of hydrogen-bond acceptors (Lipinski definition) is 3. The molecule has 1 fully saturated rings. The van der Waals surface area contributed by atoms with Crippen molar-refractivity contribution in [3.8, 4) is 0 Å². The summed E-state index contributed by atoms with van der Waals surface area (Å²) < 4.78 is 5.54. The van der Waals surface area contributed by atoms with Crippen LogP contribution in [0.2, 0.25) is 0 Å². The Hall–Kier alpha value is 0.270. The van der Waals surface area contributed by atoms with Gasteiger partial charge >= 0.3 is 0 Å². The molecule has 1 heterocycles. The summed E-state index contributed by atoms with van der Waals surface area (Å²) in [6, 6.07) is 0.736. The summed E-state index contributed by atoms with van der Waals surface area (Å²) in [5.41, 5.74) is 0. The Balaban J connectivity index is 1.88. The first kappa shape index (κ1) is 13.3. The maximum atomic E-state index is 5.54. The van der Waals surface area contributed by atoms with E-state index in [1.165, 1.54) is 12.2 Å². The molecule has 3 heteroatoms. The van der Waals surface area contributed by atoms with Gasteiger partial charge in [0.2, 0.25) is 0 Å². The summed E-state index contributed by atoms with van der Waals surface area (Å²) in [6.07, 6.45) is 2.47. The van der Waals surface area contributed by atoms with Crippen LogP contribution >= 0.6 is 11.8 Å². The largest absolute Gasteiger partial charge is 0.381 e. The minimum absolute atomic E-state index is 0.657. The van der Waals surface area contributed by atoms with Gasteiger partial charge in [-0.2, -0.15) is 11.8 Å². The van der Waals surface area contributed by atoms with E-state index >= 15 is 0 Å². The molecule has 2 nitrogen and oxygen atoms in total. The molecule has 0 aromatic heterocycles. The molecule has 0 aliphatic carbocycles. The van der Waals surface area contributed by atoms with Crippen LogP contribution in [-0.4, -0.2) is 36.8 Å². The lowest BCUT2D eigenvalue weighted by Gasteiger charge is -2.16. The Morgan fingerprint density at radius 2 is 2.27 bits per heavy atom. The quantitative estimate of drug-likeness (QED) is 0.680. The highest BCUT2D eigenvalue weighted by atomic mass is 32.2. The molecule has 0 saturated carbocycles. The van der Waals surface area contributed by atoms with Crippen LogP contribution in [0.4, 0.5) is 0 Å². The second kappa shape index (κ2) is 7.53.